The Morgan fingerprint density at radius 3 is 2.54 bits per heavy atom. The summed E-state index contributed by atoms with van der Waals surface area (Å²) < 4.78 is 48.4. The standard InChI is InChI=1S/C24H23F3N8O4/c25-24(26,27)39-19-3-1-17(2-4-19)23(15-28)5-7-33(8-6-23)21-30-10-16(11-31-21)9-29-18-12-34-13-20(35(36)37)32-22(34)38-14-18/h1-4,10-11,13,18,29H,5-9,12,14H2/t18-/m0/s1. The van der Waals surface area contributed by atoms with Gasteiger partial charge in [-0.2, -0.15) is 5.26 Å². The topological polar surface area (TPSA) is 144 Å². The Bertz CT molecular complexity index is 1360. The average molecular weight is 544 g/mol. The summed E-state index contributed by atoms with van der Waals surface area (Å²) >= 11 is 0. The van der Waals surface area contributed by atoms with E-state index < -0.39 is 16.7 Å². The van der Waals surface area contributed by atoms with Crippen molar-refractivity contribution < 1.29 is 27.6 Å². The van der Waals surface area contributed by atoms with Gasteiger partial charge in [0.2, 0.25) is 5.95 Å². The Morgan fingerprint density at radius 2 is 1.92 bits per heavy atom. The molecule has 3 aromatic rings. The number of imidazole rings is 1. The number of rotatable bonds is 7. The lowest BCUT2D eigenvalue weighted by molar-refractivity contribution is -0.389. The van der Waals surface area contributed by atoms with Gasteiger partial charge in [-0.3, -0.25) is 4.57 Å². The minimum atomic E-state index is -4.77. The van der Waals surface area contributed by atoms with Crippen molar-refractivity contribution >= 4 is 11.8 Å². The van der Waals surface area contributed by atoms with Crippen LogP contribution < -0.4 is 19.7 Å². The summed E-state index contributed by atoms with van der Waals surface area (Å²) in [4.78, 5) is 25.1. The largest absolute Gasteiger partial charge is 0.573 e. The molecule has 0 saturated carbocycles. The fourth-order valence-electron chi connectivity index (χ4n) is 4.70. The van der Waals surface area contributed by atoms with E-state index in [2.05, 4.69) is 31.1 Å². The first kappa shape index (κ1) is 26.2. The third-order valence-electron chi connectivity index (χ3n) is 6.79. The van der Waals surface area contributed by atoms with Gasteiger partial charge < -0.3 is 29.8 Å². The minimum absolute atomic E-state index is 0.0822. The van der Waals surface area contributed by atoms with E-state index in [0.717, 1.165) is 5.56 Å². The summed E-state index contributed by atoms with van der Waals surface area (Å²) in [6.45, 7) is 2.27. The summed E-state index contributed by atoms with van der Waals surface area (Å²) in [5.41, 5.74) is 0.658. The van der Waals surface area contributed by atoms with E-state index in [0.29, 0.717) is 57.1 Å². The van der Waals surface area contributed by atoms with Gasteiger partial charge in [-0.15, -0.1) is 13.2 Å². The van der Waals surface area contributed by atoms with Gasteiger partial charge in [-0.1, -0.05) is 12.1 Å². The Labute approximate surface area is 220 Å². The molecule has 5 rings (SSSR count). The van der Waals surface area contributed by atoms with Crippen LogP contribution in [0.1, 0.15) is 24.0 Å². The van der Waals surface area contributed by atoms with Crippen LogP contribution >= 0.6 is 0 Å². The zero-order valence-corrected chi connectivity index (χ0v) is 20.5. The highest BCUT2D eigenvalue weighted by atomic mass is 19.4. The number of alkyl halides is 3. The van der Waals surface area contributed by atoms with Crippen LogP contribution in [-0.4, -0.2) is 56.5 Å². The van der Waals surface area contributed by atoms with Crippen molar-refractivity contribution in [3.8, 4) is 17.8 Å². The summed E-state index contributed by atoms with van der Waals surface area (Å²) in [5.74, 6) is -0.0606. The molecule has 12 nitrogen and oxygen atoms in total. The molecule has 4 heterocycles. The number of anilines is 1. The molecule has 0 amide bonds. The molecule has 0 unspecified atom stereocenters. The maximum atomic E-state index is 12.4. The van der Waals surface area contributed by atoms with E-state index >= 15 is 0 Å². The molecule has 204 valence electrons. The number of halogens is 3. The number of nitrogens with one attached hydrogen (secondary N) is 1. The number of piperidine rings is 1. The summed E-state index contributed by atoms with van der Waals surface area (Å²) in [6.07, 6.45) is 0.914. The van der Waals surface area contributed by atoms with Crippen molar-refractivity contribution in [1.29, 1.82) is 5.26 Å². The molecule has 2 aliphatic heterocycles. The summed E-state index contributed by atoms with van der Waals surface area (Å²) in [5, 5.41) is 24.2. The number of fused-ring (bicyclic) bond motifs is 1. The molecular formula is C24H23F3N8O4. The predicted octanol–water partition coefficient (Wildman–Crippen LogP) is 3.09. The first-order valence-corrected chi connectivity index (χ1v) is 12.1. The number of hydrogen-bond acceptors (Lipinski definition) is 10. The van der Waals surface area contributed by atoms with Crippen molar-refractivity contribution in [1.82, 2.24) is 24.8 Å². The molecule has 2 aliphatic rings. The Morgan fingerprint density at radius 1 is 1.23 bits per heavy atom. The highest BCUT2D eigenvalue weighted by Gasteiger charge is 2.38. The smallest absolute Gasteiger partial charge is 0.444 e. The fourth-order valence-corrected chi connectivity index (χ4v) is 4.70. The summed E-state index contributed by atoms with van der Waals surface area (Å²) in [7, 11) is 0. The maximum absolute atomic E-state index is 12.4. The number of nitrogens with zero attached hydrogens (tertiary/aromatic N) is 7. The molecule has 1 aromatic carbocycles. The van der Waals surface area contributed by atoms with Crippen molar-refractivity contribution in [2.24, 2.45) is 0 Å². The lowest BCUT2D eigenvalue weighted by Crippen LogP contribution is -2.42. The van der Waals surface area contributed by atoms with Gasteiger partial charge in [0.05, 0.1) is 17.5 Å². The van der Waals surface area contributed by atoms with E-state index in [-0.39, 0.29) is 23.6 Å². The van der Waals surface area contributed by atoms with E-state index in [4.69, 9.17) is 4.74 Å². The molecular weight excluding hydrogens is 521 g/mol. The van der Waals surface area contributed by atoms with Gasteiger partial charge in [0.1, 0.15) is 18.6 Å². The van der Waals surface area contributed by atoms with E-state index in [1.165, 1.54) is 30.5 Å². The van der Waals surface area contributed by atoms with Crippen molar-refractivity contribution in [2.75, 3.05) is 24.6 Å². The van der Waals surface area contributed by atoms with E-state index in [9.17, 15) is 28.5 Å². The van der Waals surface area contributed by atoms with Gasteiger partial charge in [-0.05, 0) is 35.5 Å². The first-order valence-electron chi connectivity index (χ1n) is 12.1. The van der Waals surface area contributed by atoms with Gasteiger partial charge in [0.15, 0.2) is 0 Å². The third kappa shape index (κ3) is 5.85. The zero-order chi connectivity index (χ0) is 27.6. The number of nitriles is 1. The van der Waals surface area contributed by atoms with Gasteiger partial charge in [-0.25, -0.2) is 9.97 Å². The molecule has 1 N–H and O–H groups in total. The molecule has 0 aliphatic carbocycles. The molecule has 15 heteroatoms. The molecule has 0 bridgehead atoms. The van der Waals surface area contributed by atoms with Crippen LogP contribution in [0.4, 0.5) is 24.9 Å². The van der Waals surface area contributed by atoms with Crippen molar-refractivity contribution in [3.05, 3.63) is 64.1 Å². The number of aromatic nitrogens is 4. The van der Waals surface area contributed by atoms with Crippen LogP contribution in [0.3, 0.4) is 0 Å². The quantitative estimate of drug-likeness (QED) is 0.348. The number of benzene rings is 1. The summed E-state index contributed by atoms with van der Waals surface area (Å²) in [6, 6.07) is 7.95. The second kappa shape index (κ2) is 10.4. The van der Waals surface area contributed by atoms with Crippen LogP contribution in [0, 0.1) is 21.4 Å². The molecule has 1 saturated heterocycles. The number of nitro groups is 1. The lowest BCUT2D eigenvalue weighted by Gasteiger charge is -2.37. The van der Waals surface area contributed by atoms with Gasteiger partial charge in [0, 0.05) is 49.1 Å². The molecule has 1 fully saturated rings. The molecule has 1 atom stereocenters. The Kier molecular flexibility index (Phi) is 6.96. The normalized spacial score (nSPS) is 18.5. The molecule has 0 radical (unpaired) electrons. The van der Waals surface area contributed by atoms with Gasteiger partial charge >= 0.3 is 18.2 Å². The van der Waals surface area contributed by atoms with Crippen LogP contribution in [0.25, 0.3) is 0 Å². The average Bonchev–Trinajstić information content (AvgIpc) is 3.36. The SMILES string of the molecule is N#CC1(c2ccc(OC(F)(F)F)cc2)CCN(c2ncc(CN[C@@H]3COc4nc([N+](=O)[O-])cn4C3)cn2)CC1. The maximum Gasteiger partial charge on any atom is 0.573 e. The highest BCUT2D eigenvalue weighted by molar-refractivity contribution is 5.40. The Hall–Kier alpha value is -4.45. The van der Waals surface area contributed by atoms with E-state index in [1.54, 1.807) is 17.0 Å². The predicted molar refractivity (Wildman–Crippen MR) is 129 cm³/mol. The number of hydrogen-bond donors (Lipinski definition) is 1. The van der Waals surface area contributed by atoms with E-state index in [1.807, 2.05) is 4.90 Å². The fraction of sp³-hybridized carbons (Fsp3) is 0.417. The van der Waals surface area contributed by atoms with Crippen LogP contribution in [0.5, 0.6) is 11.8 Å². The third-order valence-corrected chi connectivity index (χ3v) is 6.79. The number of ether oxygens (including phenoxy) is 2. The second-order valence-electron chi connectivity index (χ2n) is 9.32. The van der Waals surface area contributed by atoms with Crippen molar-refractivity contribution in [3.63, 3.8) is 0 Å². The Balaban J connectivity index is 1.14. The molecule has 2 aromatic heterocycles. The first-order chi connectivity index (χ1) is 18.6. The van der Waals surface area contributed by atoms with Crippen LogP contribution in [0.2, 0.25) is 0 Å². The second-order valence-corrected chi connectivity index (χ2v) is 9.32. The molecule has 39 heavy (non-hydrogen) atoms. The highest BCUT2D eigenvalue weighted by Crippen LogP contribution is 2.37. The van der Waals surface area contributed by atoms with Crippen LogP contribution in [-0.2, 0) is 18.5 Å². The van der Waals surface area contributed by atoms with Gasteiger partial charge in [0.25, 0.3) is 0 Å². The van der Waals surface area contributed by atoms with Crippen molar-refractivity contribution in [2.45, 2.75) is 43.8 Å². The molecule has 0 spiro atoms. The monoisotopic (exact) mass is 544 g/mol. The lowest BCUT2D eigenvalue weighted by atomic mass is 9.74. The zero-order valence-electron chi connectivity index (χ0n) is 20.5. The van der Waals surface area contributed by atoms with Crippen LogP contribution in [0.15, 0.2) is 42.9 Å². The minimum Gasteiger partial charge on any atom is -0.444 e.